The largest absolute Gasteiger partial charge is 0.465 e. The Kier molecular flexibility index (Phi) is 14.4. The molecular weight excluding hydrogens is 548 g/mol. The summed E-state index contributed by atoms with van der Waals surface area (Å²) in [6.45, 7) is 8.87. The molecule has 2 aromatic rings. The lowest BCUT2D eigenvalue weighted by molar-refractivity contribution is -0.0441. The summed E-state index contributed by atoms with van der Waals surface area (Å²) in [7, 11) is 2.79. The molecule has 0 aliphatic heterocycles. The third-order valence-corrected chi connectivity index (χ3v) is 8.07. The minimum absolute atomic E-state index is 0.0739. The number of methoxy groups -OCH3 is 2. The predicted molar refractivity (Wildman–Crippen MR) is 165 cm³/mol. The number of aryl methyl sites for hydroxylation is 2. The standard InChI is InChI=1S/C19H26O4.C16H22O4/c1-4-11-22-16-9-6-10-17(12-16)23-13-15-8-5-7-14(2)18(15)19(20)21-3;1-11-5-3-6-12(15(11)16(18)19-2)10-20-14-8-4-7-13(17)9-14/h4-5,7-8,16-17H,1,6,9-13H2,2-3H3;3,5-6,13-14,17H,4,7-10H2,1-2H3/t16-,17+;13-,14+/m00/s1. The molecule has 4 atom stereocenters. The number of esters is 2. The Bertz CT molecular complexity index is 1190. The van der Waals surface area contributed by atoms with Gasteiger partial charge in [-0.3, -0.25) is 0 Å². The van der Waals surface area contributed by atoms with Crippen LogP contribution in [0.5, 0.6) is 0 Å². The first-order chi connectivity index (χ1) is 20.8. The van der Waals surface area contributed by atoms with E-state index in [9.17, 15) is 14.7 Å². The monoisotopic (exact) mass is 596 g/mol. The minimum atomic E-state index is -0.328. The van der Waals surface area contributed by atoms with Gasteiger partial charge in [-0.05, 0) is 87.5 Å². The number of hydrogen-bond donors (Lipinski definition) is 1. The van der Waals surface area contributed by atoms with Crippen LogP contribution >= 0.6 is 0 Å². The van der Waals surface area contributed by atoms with Gasteiger partial charge >= 0.3 is 11.9 Å². The zero-order chi connectivity index (χ0) is 31.2. The van der Waals surface area contributed by atoms with Crippen molar-refractivity contribution in [2.45, 2.75) is 103 Å². The smallest absolute Gasteiger partial charge is 0.338 e. The SMILES string of the molecule is C=CCO[C@H]1CCC[C@@H](OCc2cccc(C)c2C(=O)OC)C1.COC(=O)c1c(C)cccc1CO[C@@H]1CCC[C@H](O)C1. The molecule has 43 heavy (non-hydrogen) atoms. The normalized spacial score (nSPS) is 21.7. The van der Waals surface area contributed by atoms with E-state index in [0.717, 1.165) is 67.2 Å². The quantitative estimate of drug-likeness (QED) is 0.235. The van der Waals surface area contributed by atoms with E-state index in [1.165, 1.54) is 14.2 Å². The van der Waals surface area contributed by atoms with E-state index >= 15 is 0 Å². The Morgan fingerprint density at radius 2 is 1.23 bits per heavy atom. The molecule has 0 spiro atoms. The molecule has 2 aliphatic rings. The number of aliphatic hydroxyl groups is 1. The van der Waals surface area contributed by atoms with Crippen LogP contribution in [-0.2, 0) is 36.9 Å². The topological polar surface area (TPSA) is 101 Å². The van der Waals surface area contributed by atoms with E-state index in [1.54, 1.807) is 6.08 Å². The highest BCUT2D eigenvalue weighted by atomic mass is 16.5. The highest BCUT2D eigenvalue weighted by Crippen LogP contribution is 2.26. The molecule has 2 saturated carbocycles. The van der Waals surface area contributed by atoms with Gasteiger partial charge in [0, 0.05) is 0 Å². The molecule has 236 valence electrons. The van der Waals surface area contributed by atoms with Gasteiger partial charge in [-0.15, -0.1) is 6.58 Å². The lowest BCUT2D eigenvalue weighted by atomic mass is 9.94. The van der Waals surface area contributed by atoms with Crippen molar-refractivity contribution in [3.63, 3.8) is 0 Å². The van der Waals surface area contributed by atoms with Gasteiger partial charge in [-0.25, -0.2) is 9.59 Å². The first-order valence-electron chi connectivity index (χ1n) is 15.2. The molecule has 0 radical (unpaired) electrons. The highest BCUT2D eigenvalue weighted by Gasteiger charge is 2.24. The molecule has 0 amide bonds. The molecular formula is C35H48O8. The molecule has 8 nitrogen and oxygen atoms in total. The van der Waals surface area contributed by atoms with Gasteiger partial charge < -0.3 is 28.8 Å². The van der Waals surface area contributed by atoms with E-state index in [1.807, 2.05) is 50.2 Å². The fourth-order valence-corrected chi connectivity index (χ4v) is 5.78. The average Bonchev–Trinajstić information content (AvgIpc) is 3.01. The molecule has 2 aliphatic carbocycles. The first-order valence-corrected chi connectivity index (χ1v) is 15.2. The Labute approximate surface area is 256 Å². The van der Waals surface area contributed by atoms with Crippen LogP contribution < -0.4 is 0 Å². The van der Waals surface area contributed by atoms with E-state index in [0.29, 0.717) is 37.4 Å². The summed E-state index contributed by atoms with van der Waals surface area (Å²) in [6, 6.07) is 11.5. The molecule has 0 saturated heterocycles. The van der Waals surface area contributed by atoms with E-state index < -0.39 is 0 Å². The summed E-state index contributed by atoms with van der Waals surface area (Å²) in [6.07, 6.45) is 9.61. The lowest BCUT2D eigenvalue weighted by Crippen LogP contribution is -2.28. The maximum Gasteiger partial charge on any atom is 0.338 e. The maximum atomic E-state index is 12.0. The Morgan fingerprint density at radius 3 is 1.70 bits per heavy atom. The Hall–Kier alpha value is -3.04. The number of carbonyl (C=O) groups excluding carboxylic acids is 2. The molecule has 2 aromatic carbocycles. The third-order valence-electron chi connectivity index (χ3n) is 8.07. The van der Waals surface area contributed by atoms with Crippen LogP contribution in [0.4, 0.5) is 0 Å². The first kappa shape index (κ1) is 34.5. The van der Waals surface area contributed by atoms with Gasteiger partial charge in [-0.2, -0.15) is 0 Å². The van der Waals surface area contributed by atoms with Crippen molar-refractivity contribution >= 4 is 11.9 Å². The van der Waals surface area contributed by atoms with Crippen molar-refractivity contribution in [3.8, 4) is 0 Å². The molecule has 2 fully saturated rings. The molecule has 0 aromatic heterocycles. The van der Waals surface area contributed by atoms with E-state index in [2.05, 4.69) is 6.58 Å². The van der Waals surface area contributed by atoms with Gasteiger partial charge in [-0.1, -0.05) is 42.5 Å². The van der Waals surface area contributed by atoms with Crippen molar-refractivity contribution in [2.75, 3.05) is 20.8 Å². The lowest BCUT2D eigenvalue weighted by Gasteiger charge is -2.29. The number of hydrogen-bond acceptors (Lipinski definition) is 8. The second-order valence-electron chi connectivity index (χ2n) is 11.3. The van der Waals surface area contributed by atoms with Gasteiger partial charge in [0.2, 0.25) is 0 Å². The van der Waals surface area contributed by atoms with Crippen LogP contribution in [0.2, 0.25) is 0 Å². The van der Waals surface area contributed by atoms with Crippen LogP contribution in [0.3, 0.4) is 0 Å². The Balaban J connectivity index is 0.000000238. The number of rotatable bonds is 11. The summed E-state index contributed by atoms with van der Waals surface area (Å²) >= 11 is 0. The fourth-order valence-electron chi connectivity index (χ4n) is 5.78. The highest BCUT2D eigenvalue weighted by molar-refractivity contribution is 5.93. The second-order valence-corrected chi connectivity index (χ2v) is 11.3. The molecule has 1 N–H and O–H groups in total. The Morgan fingerprint density at radius 1 is 0.767 bits per heavy atom. The average molecular weight is 597 g/mol. The summed E-state index contributed by atoms with van der Waals surface area (Å²) in [5.41, 5.74) is 4.73. The number of benzene rings is 2. The number of aliphatic hydroxyl groups excluding tert-OH is 1. The maximum absolute atomic E-state index is 12.0. The van der Waals surface area contributed by atoms with Crippen molar-refractivity contribution in [2.24, 2.45) is 0 Å². The molecule has 0 unspecified atom stereocenters. The molecule has 0 heterocycles. The van der Waals surface area contributed by atoms with Crippen LogP contribution in [0.1, 0.15) is 94.3 Å². The van der Waals surface area contributed by atoms with Crippen molar-refractivity contribution in [1.29, 1.82) is 0 Å². The van der Waals surface area contributed by atoms with Crippen LogP contribution in [0.15, 0.2) is 49.1 Å². The van der Waals surface area contributed by atoms with Gasteiger partial charge in [0.25, 0.3) is 0 Å². The van der Waals surface area contributed by atoms with Gasteiger partial charge in [0.05, 0.1) is 69.6 Å². The van der Waals surface area contributed by atoms with Crippen LogP contribution in [-0.4, -0.2) is 62.3 Å². The summed E-state index contributed by atoms with van der Waals surface area (Å²) in [4.78, 5) is 23.8. The second kappa shape index (κ2) is 17.9. The van der Waals surface area contributed by atoms with Crippen molar-refractivity contribution < 1.29 is 38.4 Å². The van der Waals surface area contributed by atoms with E-state index in [-0.39, 0.29) is 36.4 Å². The van der Waals surface area contributed by atoms with Gasteiger partial charge in [0.15, 0.2) is 0 Å². The van der Waals surface area contributed by atoms with Crippen LogP contribution in [0.25, 0.3) is 0 Å². The molecule has 0 bridgehead atoms. The van der Waals surface area contributed by atoms with Crippen molar-refractivity contribution in [1.82, 2.24) is 0 Å². The van der Waals surface area contributed by atoms with E-state index in [4.69, 9.17) is 23.7 Å². The molecule has 4 rings (SSSR count). The number of carbonyl (C=O) groups is 2. The molecule has 8 heteroatoms. The fraction of sp³-hybridized carbons (Fsp3) is 0.543. The van der Waals surface area contributed by atoms with Gasteiger partial charge in [0.1, 0.15) is 0 Å². The predicted octanol–water partition coefficient (Wildman–Crippen LogP) is 6.41. The summed E-state index contributed by atoms with van der Waals surface area (Å²) in [5.74, 6) is -0.636. The summed E-state index contributed by atoms with van der Waals surface area (Å²) < 4.78 is 27.4. The minimum Gasteiger partial charge on any atom is -0.465 e. The zero-order valence-electron chi connectivity index (χ0n) is 26.1. The third kappa shape index (κ3) is 10.6. The van der Waals surface area contributed by atoms with Crippen molar-refractivity contribution in [3.05, 3.63) is 82.4 Å². The summed E-state index contributed by atoms with van der Waals surface area (Å²) in [5, 5.41) is 9.65. The number of ether oxygens (including phenoxy) is 5. The zero-order valence-corrected chi connectivity index (χ0v) is 26.1. The van der Waals surface area contributed by atoms with Crippen LogP contribution in [0, 0.1) is 13.8 Å².